The van der Waals surface area contributed by atoms with Gasteiger partial charge in [0.1, 0.15) is 16.4 Å². The maximum absolute atomic E-state index is 13.0. The Bertz CT molecular complexity index is 1360. The third-order valence-corrected chi connectivity index (χ3v) is 8.00. The molecule has 7 nitrogen and oxygen atoms in total. The topological polar surface area (TPSA) is 96.0 Å². The maximum Gasteiger partial charge on any atom is 0.339 e. The number of Topliss-reactive ketones (excluding diaryl/α,β-unsaturated/α-hetero) is 2. The van der Waals surface area contributed by atoms with E-state index in [2.05, 4.69) is 0 Å². The standard InChI is InChI=1S/C28H28O7S/c1-3-33-25-16-18(12-15-22(25)35-36(31,32)19-13-10-17(2)11-14-19)26-27-20(29)6-4-8-23(27)34-24-9-5-7-21(30)28(24)26/h10-16,26H,3-9H2,1-2H3. The predicted octanol–water partition coefficient (Wildman–Crippen LogP) is 5.29. The normalized spacial score (nSPS) is 18.5. The molecular weight excluding hydrogens is 480 g/mol. The van der Waals surface area contributed by atoms with Crippen LogP contribution < -0.4 is 8.92 Å². The van der Waals surface area contributed by atoms with Crippen molar-refractivity contribution in [2.75, 3.05) is 6.61 Å². The van der Waals surface area contributed by atoms with Gasteiger partial charge in [-0.2, -0.15) is 8.42 Å². The first-order valence-electron chi connectivity index (χ1n) is 12.3. The van der Waals surface area contributed by atoms with Crippen LogP contribution in [0.15, 0.2) is 70.0 Å². The highest BCUT2D eigenvalue weighted by Gasteiger charge is 2.42. The molecule has 0 fully saturated rings. The Labute approximate surface area is 210 Å². The second-order valence-electron chi connectivity index (χ2n) is 9.25. The highest BCUT2D eigenvalue weighted by molar-refractivity contribution is 7.87. The van der Waals surface area contributed by atoms with Crippen molar-refractivity contribution >= 4 is 21.7 Å². The van der Waals surface area contributed by atoms with Crippen LogP contribution in [0.5, 0.6) is 11.5 Å². The smallest absolute Gasteiger partial charge is 0.339 e. The lowest BCUT2D eigenvalue weighted by atomic mass is 9.73. The number of hydrogen-bond donors (Lipinski definition) is 0. The molecule has 0 atom stereocenters. The van der Waals surface area contributed by atoms with Crippen molar-refractivity contribution in [2.24, 2.45) is 0 Å². The fraction of sp³-hybridized carbons (Fsp3) is 0.357. The van der Waals surface area contributed by atoms with Gasteiger partial charge >= 0.3 is 10.1 Å². The van der Waals surface area contributed by atoms with Crippen LogP contribution in [0.25, 0.3) is 0 Å². The molecule has 3 aliphatic rings. The maximum atomic E-state index is 13.0. The number of allylic oxidation sites excluding steroid dienone is 4. The van der Waals surface area contributed by atoms with Crippen LogP contribution in [-0.4, -0.2) is 26.6 Å². The molecule has 0 aromatic heterocycles. The molecule has 2 aromatic rings. The zero-order valence-electron chi connectivity index (χ0n) is 20.3. The molecule has 0 unspecified atom stereocenters. The minimum Gasteiger partial charge on any atom is -0.490 e. The summed E-state index contributed by atoms with van der Waals surface area (Å²) in [5.74, 6) is 0.952. The summed E-state index contributed by atoms with van der Waals surface area (Å²) >= 11 is 0. The van der Waals surface area contributed by atoms with Crippen LogP contribution >= 0.6 is 0 Å². The molecular formula is C28H28O7S. The number of benzene rings is 2. The first-order valence-corrected chi connectivity index (χ1v) is 13.7. The molecule has 0 N–H and O–H groups in total. The molecule has 188 valence electrons. The minimum absolute atomic E-state index is 0.0218. The van der Waals surface area contributed by atoms with E-state index in [9.17, 15) is 18.0 Å². The molecule has 1 heterocycles. The third-order valence-electron chi connectivity index (χ3n) is 6.75. The average Bonchev–Trinajstić information content (AvgIpc) is 2.84. The summed E-state index contributed by atoms with van der Waals surface area (Å²) in [6.07, 6.45) is 3.55. The Balaban J connectivity index is 1.58. The number of rotatable bonds is 6. The van der Waals surface area contributed by atoms with Gasteiger partial charge in [0.2, 0.25) is 0 Å². The van der Waals surface area contributed by atoms with E-state index in [1.54, 1.807) is 31.2 Å². The highest BCUT2D eigenvalue weighted by Crippen LogP contribution is 2.49. The van der Waals surface area contributed by atoms with Crippen LogP contribution in [0.2, 0.25) is 0 Å². The van der Waals surface area contributed by atoms with Gasteiger partial charge in [0.05, 0.1) is 6.61 Å². The summed E-state index contributed by atoms with van der Waals surface area (Å²) < 4.78 is 43.2. The van der Waals surface area contributed by atoms with E-state index >= 15 is 0 Å². The lowest BCUT2D eigenvalue weighted by molar-refractivity contribution is -0.117. The molecule has 2 aliphatic carbocycles. The molecule has 0 bridgehead atoms. The number of ketones is 2. The second kappa shape index (κ2) is 9.58. The largest absolute Gasteiger partial charge is 0.490 e. The molecule has 1 aliphatic heterocycles. The lowest BCUT2D eigenvalue weighted by Crippen LogP contribution is -2.30. The van der Waals surface area contributed by atoms with Crippen LogP contribution in [-0.2, 0) is 24.4 Å². The summed E-state index contributed by atoms with van der Waals surface area (Å²) in [5.41, 5.74) is 2.66. The number of hydrogen-bond acceptors (Lipinski definition) is 7. The first kappa shape index (κ1) is 24.3. The summed E-state index contributed by atoms with van der Waals surface area (Å²) in [6.45, 7) is 3.93. The van der Waals surface area contributed by atoms with E-state index in [0.29, 0.717) is 53.9 Å². The van der Waals surface area contributed by atoms with Gasteiger partial charge in [-0.3, -0.25) is 9.59 Å². The van der Waals surface area contributed by atoms with Gasteiger partial charge in [-0.25, -0.2) is 0 Å². The lowest BCUT2D eigenvalue weighted by Gasteiger charge is -2.36. The summed E-state index contributed by atoms with van der Waals surface area (Å²) in [4.78, 5) is 26.1. The van der Waals surface area contributed by atoms with Gasteiger partial charge < -0.3 is 13.7 Å². The van der Waals surface area contributed by atoms with Crippen LogP contribution in [0.1, 0.15) is 62.5 Å². The molecule has 36 heavy (non-hydrogen) atoms. The Hall–Kier alpha value is -3.39. The van der Waals surface area contributed by atoms with E-state index in [4.69, 9.17) is 13.7 Å². The van der Waals surface area contributed by atoms with Gasteiger partial charge in [0.25, 0.3) is 0 Å². The fourth-order valence-corrected chi connectivity index (χ4v) is 6.00. The molecule has 5 rings (SSSR count). The van der Waals surface area contributed by atoms with E-state index < -0.39 is 16.0 Å². The van der Waals surface area contributed by atoms with Crippen LogP contribution in [0.3, 0.4) is 0 Å². The Kier molecular flexibility index (Phi) is 6.47. The van der Waals surface area contributed by atoms with Gasteiger partial charge in [-0.15, -0.1) is 0 Å². The minimum atomic E-state index is -4.09. The molecule has 2 aromatic carbocycles. The molecule has 0 amide bonds. The summed E-state index contributed by atoms with van der Waals surface area (Å²) in [5, 5.41) is 0. The third kappa shape index (κ3) is 4.46. The second-order valence-corrected chi connectivity index (χ2v) is 10.8. The van der Waals surface area contributed by atoms with Crippen LogP contribution in [0.4, 0.5) is 0 Å². The number of ether oxygens (including phenoxy) is 2. The molecule has 0 radical (unpaired) electrons. The zero-order chi connectivity index (χ0) is 25.4. The van der Waals surface area contributed by atoms with Crippen molar-refractivity contribution in [1.82, 2.24) is 0 Å². The van der Waals surface area contributed by atoms with Crippen molar-refractivity contribution in [3.8, 4) is 11.5 Å². The number of aryl methyl sites for hydroxylation is 1. The van der Waals surface area contributed by atoms with Gasteiger partial charge in [0, 0.05) is 42.7 Å². The van der Waals surface area contributed by atoms with Gasteiger partial charge in [-0.1, -0.05) is 23.8 Å². The quantitative estimate of drug-likeness (QED) is 0.489. The van der Waals surface area contributed by atoms with Crippen molar-refractivity contribution < 1.29 is 31.7 Å². The Morgan fingerprint density at radius 2 is 1.47 bits per heavy atom. The van der Waals surface area contributed by atoms with E-state index in [1.165, 1.54) is 18.2 Å². The van der Waals surface area contributed by atoms with E-state index in [-0.39, 0.29) is 34.6 Å². The predicted molar refractivity (Wildman–Crippen MR) is 132 cm³/mol. The Morgan fingerprint density at radius 3 is 2.06 bits per heavy atom. The van der Waals surface area contributed by atoms with E-state index in [0.717, 1.165) is 18.4 Å². The van der Waals surface area contributed by atoms with Crippen LogP contribution in [0, 0.1) is 6.92 Å². The monoisotopic (exact) mass is 508 g/mol. The summed E-state index contributed by atoms with van der Waals surface area (Å²) in [6, 6.07) is 11.3. The number of carbonyl (C=O) groups excluding carboxylic acids is 2. The average molecular weight is 509 g/mol. The molecule has 0 saturated heterocycles. The van der Waals surface area contributed by atoms with Crippen molar-refractivity contribution in [3.05, 3.63) is 76.3 Å². The first-order chi connectivity index (χ1) is 17.3. The highest BCUT2D eigenvalue weighted by atomic mass is 32.2. The van der Waals surface area contributed by atoms with Gasteiger partial charge in [-0.05, 0) is 56.5 Å². The molecule has 8 heteroatoms. The SMILES string of the molecule is CCOc1cc(C2C3=C(CCCC3=O)OC3=C2C(=O)CCC3)ccc1OS(=O)(=O)c1ccc(C)cc1. The molecule has 0 saturated carbocycles. The summed E-state index contributed by atoms with van der Waals surface area (Å²) in [7, 11) is -4.09. The van der Waals surface area contributed by atoms with Crippen molar-refractivity contribution in [2.45, 2.75) is 63.2 Å². The zero-order valence-corrected chi connectivity index (χ0v) is 21.2. The van der Waals surface area contributed by atoms with Crippen molar-refractivity contribution in [1.29, 1.82) is 0 Å². The number of carbonyl (C=O) groups is 2. The van der Waals surface area contributed by atoms with E-state index in [1.807, 2.05) is 6.92 Å². The van der Waals surface area contributed by atoms with Crippen molar-refractivity contribution in [3.63, 3.8) is 0 Å². The molecule has 0 spiro atoms. The Morgan fingerprint density at radius 1 is 0.861 bits per heavy atom. The van der Waals surface area contributed by atoms with Gasteiger partial charge in [0.15, 0.2) is 23.1 Å². The fourth-order valence-electron chi connectivity index (χ4n) is 5.06.